The van der Waals surface area contributed by atoms with Crippen LogP contribution in [0.4, 0.5) is 35.1 Å². The molecule has 0 unspecified atom stereocenters. The van der Waals surface area contributed by atoms with Gasteiger partial charge in [0.05, 0.1) is 6.20 Å². The Bertz CT molecular complexity index is 467. The molecule has 0 atom stereocenters. The first-order valence-electron chi connectivity index (χ1n) is 4.26. The number of aromatic hydroxyl groups is 1. The van der Waals surface area contributed by atoms with Crippen LogP contribution in [0.1, 0.15) is 17.7 Å². The third-order valence-electron chi connectivity index (χ3n) is 1.75. The third kappa shape index (κ3) is 3.58. The van der Waals surface area contributed by atoms with Crippen molar-refractivity contribution in [2.45, 2.75) is 19.0 Å². The van der Waals surface area contributed by atoms with Crippen molar-refractivity contribution in [1.82, 2.24) is 4.98 Å². The smallest absolute Gasteiger partial charge is 0.503 e. The fraction of sp³-hybridized carbons (Fsp3) is 0.375. The maximum Gasteiger partial charge on any atom is 0.573 e. The molecule has 0 bridgehead atoms. The zero-order chi connectivity index (χ0) is 15.0. The zero-order valence-electron chi connectivity index (χ0n) is 8.48. The topological polar surface area (TPSA) is 42.4 Å². The molecule has 0 aromatic carbocycles. The molecule has 0 fully saturated rings. The lowest BCUT2D eigenvalue weighted by Crippen LogP contribution is -2.22. The van der Waals surface area contributed by atoms with Gasteiger partial charge in [0.15, 0.2) is 11.5 Å². The van der Waals surface area contributed by atoms with Gasteiger partial charge in [-0.05, 0) is 0 Å². The van der Waals surface area contributed by atoms with E-state index in [9.17, 15) is 35.1 Å². The molecule has 1 heterocycles. The number of pyridine rings is 1. The summed E-state index contributed by atoms with van der Waals surface area (Å²) in [5, 5.41) is 8.89. The van der Waals surface area contributed by atoms with Crippen LogP contribution in [0, 0.1) is 0 Å². The monoisotopic (exact) mass is 297 g/mol. The molecule has 3 nitrogen and oxygen atoms in total. The van der Waals surface area contributed by atoms with Gasteiger partial charge in [0.1, 0.15) is 11.3 Å². The molecule has 0 saturated heterocycles. The van der Waals surface area contributed by atoms with E-state index < -0.39 is 41.7 Å². The molecule has 1 aromatic rings. The Morgan fingerprint density at radius 2 is 1.63 bits per heavy atom. The van der Waals surface area contributed by atoms with Gasteiger partial charge in [-0.3, -0.25) is 4.98 Å². The maximum absolute atomic E-state index is 12.5. The van der Waals surface area contributed by atoms with Crippen molar-refractivity contribution in [1.29, 1.82) is 0 Å². The summed E-state index contributed by atoms with van der Waals surface area (Å²) in [5.74, 6) is -3.82. The van der Waals surface area contributed by atoms with Gasteiger partial charge in [0, 0.05) is 0 Å². The van der Waals surface area contributed by atoms with Gasteiger partial charge in [0.25, 0.3) is 6.43 Å². The van der Waals surface area contributed by atoms with Crippen LogP contribution in [0.25, 0.3) is 0 Å². The maximum atomic E-state index is 12.5. The van der Waals surface area contributed by atoms with E-state index in [1.54, 1.807) is 0 Å². The average molecular weight is 297 g/mol. The summed E-state index contributed by atoms with van der Waals surface area (Å²) in [6, 6.07) is 0. The second kappa shape index (κ2) is 4.70. The van der Waals surface area contributed by atoms with Crippen molar-refractivity contribution in [2.75, 3.05) is 0 Å². The highest BCUT2D eigenvalue weighted by Gasteiger charge is 2.45. The predicted octanol–water partition coefficient (Wildman–Crippen LogP) is 3.64. The minimum Gasteiger partial charge on any atom is -0.503 e. The van der Waals surface area contributed by atoms with E-state index in [0.717, 1.165) is 0 Å². The molecule has 0 amide bonds. The average Bonchev–Trinajstić information content (AvgIpc) is 2.16. The van der Waals surface area contributed by atoms with Crippen LogP contribution in [0.15, 0.2) is 6.20 Å². The molecule has 0 aliphatic carbocycles. The Hall–Kier alpha value is -1.81. The Morgan fingerprint density at radius 1 is 1.11 bits per heavy atom. The number of hydrogen-bond donors (Lipinski definition) is 1. The predicted molar refractivity (Wildman–Crippen MR) is 42.5 cm³/mol. The summed E-state index contributed by atoms with van der Waals surface area (Å²) < 4.78 is 101. The van der Waals surface area contributed by atoms with Crippen molar-refractivity contribution in [2.24, 2.45) is 0 Å². The fourth-order valence-corrected chi connectivity index (χ4v) is 1.16. The number of hydrogen-bond acceptors (Lipinski definition) is 3. The summed E-state index contributed by atoms with van der Waals surface area (Å²) in [5.41, 5.74) is -4.44. The highest BCUT2D eigenvalue weighted by Crippen LogP contribution is 2.46. The molecule has 1 aromatic heterocycles. The summed E-state index contributed by atoms with van der Waals surface area (Å²) in [7, 11) is 0. The number of rotatable bonds is 2. The van der Waals surface area contributed by atoms with Crippen LogP contribution in [-0.4, -0.2) is 16.5 Å². The molecule has 1 rings (SSSR count). The lowest BCUT2D eigenvalue weighted by Gasteiger charge is -2.18. The zero-order valence-corrected chi connectivity index (χ0v) is 8.48. The van der Waals surface area contributed by atoms with E-state index in [1.807, 2.05) is 0 Å². The Morgan fingerprint density at radius 3 is 2.00 bits per heavy atom. The van der Waals surface area contributed by atoms with Gasteiger partial charge in [-0.25, -0.2) is 8.78 Å². The Kier molecular flexibility index (Phi) is 3.77. The first-order valence-corrected chi connectivity index (χ1v) is 4.26. The van der Waals surface area contributed by atoms with Gasteiger partial charge in [-0.2, -0.15) is 13.2 Å². The van der Waals surface area contributed by atoms with Gasteiger partial charge in [-0.15, -0.1) is 13.2 Å². The SMILES string of the molecule is Oc1cnc(C(F)F)c(C(F)(F)F)c1OC(F)(F)F. The summed E-state index contributed by atoms with van der Waals surface area (Å²) >= 11 is 0. The van der Waals surface area contributed by atoms with Crippen molar-refractivity contribution >= 4 is 0 Å². The van der Waals surface area contributed by atoms with E-state index in [1.165, 1.54) is 0 Å². The van der Waals surface area contributed by atoms with E-state index in [4.69, 9.17) is 5.11 Å². The fourth-order valence-electron chi connectivity index (χ4n) is 1.16. The highest BCUT2D eigenvalue weighted by molar-refractivity contribution is 5.48. The van der Waals surface area contributed by atoms with Crippen molar-refractivity contribution in [3.63, 3.8) is 0 Å². The normalized spacial score (nSPS) is 12.9. The lowest BCUT2D eigenvalue weighted by molar-refractivity contribution is -0.276. The van der Waals surface area contributed by atoms with Crippen LogP contribution in [0.2, 0.25) is 0 Å². The van der Waals surface area contributed by atoms with Crippen LogP contribution in [0.3, 0.4) is 0 Å². The second-order valence-electron chi connectivity index (χ2n) is 3.08. The van der Waals surface area contributed by atoms with Crippen molar-refractivity contribution in [3.05, 3.63) is 17.5 Å². The molecular weight excluding hydrogens is 294 g/mol. The van der Waals surface area contributed by atoms with Crippen LogP contribution in [0.5, 0.6) is 11.5 Å². The van der Waals surface area contributed by atoms with E-state index >= 15 is 0 Å². The Labute approximate surface area is 99.0 Å². The molecule has 108 valence electrons. The standard InChI is InChI=1S/C8H3F8NO2/c9-6(10)4-3(7(11,12)13)5(2(18)1-17-4)19-8(14,15)16/h1,6,18H. The number of ether oxygens (including phenoxy) is 1. The molecule has 0 spiro atoms. The quantitative estimate of drug-likeness (QED) is 0.847. The van der Waals surface area contributed by atoms with Gasteiger partial charge < -0.3 is 9.84 Å². The number of nitrogens with zero attached hydrogens (tertiary/aromatic N) is 1. The summed E-state index contributed by atoms with van der Waals surface area (Å²) in [6.45, 7) is 0. The van der Waals surface area contributed by atoms with Gasteiger partial charge in [0.2, 0.25) is 0 Å². The Balaban J connectivity index is 3.54. The molecule has 0 saturated carbocycles. The van der Waals surface area contributed by atoms with E-state index in [-0.39, 0.29) is 6.20 Å². The molecule has 11 heteroatoms. The number of halogens is 8. The summed E-state index contributed by atoms with van der Waals surface area (Å²) in [6.07, 6.45) is -15.0. The molecule has 0 aliphatic heterocycles. The second-order valence-corrected chi connectivity index (χ2v) is 3.08. The van der Waals surface area contributed by atoms with E-state index in [0.29, 0.717) is 0 Å². The molecule has 0 radical (unpaired) electrons. The first-order chi connectivity index (χ1) is 8.43. The largest absolute Gasteiger partial charge is 0.573 e. The first kappa shape index (κ1) is 15.2. The lowest BCUT2D eigenvalue weighted by atomic mass is 10.1. The van der Waals surface area contributed by atoms with Gasteiger partial charge in [-0.1, -0.05) is 0 Å². The van der Waals surface area contributed by atoms with Crippen molar-refractivity contribution < 1.29 is 45.0 Å². The van der Waals surface area contributed by atoms with Gasteiger partial charge >= 0.3 is 12.5 Å². The number of aromatic nitrogens is 1. The summed E-state index contributed by atoms with van der Waals surface area (Å²) in [4.78, 5) is 2.57. The molecule has 0 aliphatic rings. The highest BCUT2D eigenvalue weighted by atomic mass is 19.4. The van der Waals surface area contributed by atoms with Crippen LogP contribution in [-0.2, 0) is 6.18 Å². The molecule has 19 heavy (non-hydrogen) atoms. The van der Waals surface area contributed by atoms with Crippen LogP contribution >= 0.6 is 0 Å². The number of alkyl halides is 8. The van der Waals surface area contributed by atoms with Crippen LogP contribution < -0.4 is 4.74 Å². The van der Waals surface area contributed by atoms with E-state index in [2.05, 4.69) is 9.72 Å². The minimum atomic E-state index is -5.61. The third-order valence-corrected chi connectivity index (χ3v) is 1.75. The molecule has 1 N–H and O–H groups in total. The minimum absolute atomic E-state index is 0.0117. The molecular formula is C8H3F8NO2. The van der Waals surface area contributed by atoms with Crippen molar-refractivity contribution in [3.8, 4) is 11.5 Å².